The van der Waals surface area contributed by atoms with Crippen LogP contribution in [-0.4, -0.2) is 27.5 Å². The van der Waals surface area contributed by atoms with Crippen molar-refractivity contribution in [2.24, 2.45) is 0 Å². The highest BCUT2D eigenvalue weighted by atomic mass is 32.1. The van der Waals surface area contributed by atoms with E-state index in [1.807, 2.05) is 0 Å². The van der Waals surface area contributed by atoms with Gasteiger partial charge in [-0.05, 0) is 46.8 Å². The van der Waals surface area contributed by atoms with Crippen molar-refractivity contribution in [3.05, 3.63) is 87.0 Å². The molecule has 1 N–H and O–H groups in total. The summed E-state index contributed by atoms with van der Waals surface area (Å²) < 4.78 is 55.2. The number of carbonyl (C=O) groups is 3. The largest absolute Gasteiger partial charge is 0.477 e. The number of imide groups is 1. The van der Waals surface area contributed by atoms with Crippen LogP contribution in [0.25, 0.3) is 10.9 Å². The zero-order valence-corrected chi connectivity index (χ0v) is 18.4. The van der Waals surface area contributed by atoms with Gasteiger partial charge in [-0.3, -0.25) is 9.59 Å². The zero-order chi connectivity index (χ0) is 25.1. The summed E-state index contributed by atoms with van der Waals surface area (Å²) >= 11 is 1.19. The Morgan fingerprint density at radius 2 is 1.77 bits per heavy atom. The van der Waals surface area contributed by atoms with Gasteiger partial charge >= 0.3 is 12.1 Å². The Bertz CT molecular complexity index is 1520. The number of carboxylic acid groups (broad SMARTS) is 1. The Balaban J connectivity index is 1.81. The number of aromatic carboxylic acids is 1. The molecule has 4 aromatic rings. The summed E-state index contributed by atoms with van der Waals surface area (Å²) in [4.78, 5) is 39.3. The topological polar surface area (TPSA) is 79.6 Å². The van der Waals surface area contributed by atoms with Gasteiger partial charge in [-0.2, -0.15) is 24.5 Å². The van der Waals surface area contributed by atoms with Gasteiger partial charge in [0.1, 0.15) is 5.82 Å². The third-order valence-corrected chi connectivity index (χ3v) is 6.60. The number of hydrogen-bond acceptors (Lipinski definition) is 4. The van der Waals surface area contributed by atoms with Crippen LogP contribution >= 0.6 is 11.3 Å². The molecule has 3 heterocycles. The number of carbonyl (C=O) groups excluding carboxylic acids is 2. The average Bonchev–Trinajstić information content (AvgIpc) is 3.38. The van der Waals surface area contributed by atoms with Gasteiger partial charge in [-0.25, -0.2) is 14.1 Å². The van der Waals surface area contributed by atoms with Crippen LogP contribution in [0.5, 0.6) is 0 Å². The third-order valence-electron chi connectivity index (χ3n) is 5.81. The lowest BCUT2D eigenvalue weighted by Crippen LogP contribution is -2.42. The van der Waals surface area contributed by atoms with Crippen LogP contribution < -0.4 is 4.90 Å². The molecule has 35 heavy (non-hydrogen) atoms. The minimum atomic E-state index is -4.75. The highest BCUT2D eigenvalue weighted by Crippen LogP contribution is 2.41. The van der Waals surface area contributed by atoms with Gasteiger partial charge in [0, 0.05) is 17.3 Å². The van der Waals surface area contributed by atoms with Crippen molar-refractivity contribution in [2.45, 2.75) is 19.1 Å². The molecule has 0 spiro atoms. The molecule has 0 bridgehead atoms. The van der Waals surface area contributed by atoms with E-state index in [-0.39, 0.29) is 29.4 Å². The number of anilines is 1. The predicted octanol–water partition coefficient (Wildman–Crippen LogP) is 5.34. The summed E-state index contributed by atoms with van der Waals surface area (Å²) in [5, 5.41) is 13.0. The summed E-state index contributed by atoms with van der Waals surface area (Å²) in [5.41, 5.74) is -0.798. The molecule has 2 aromatic carbocycles. The van der Waals surface area contributed by atoms with Crippen molar-refractivity contribution in [1.82, 2.24) is 4.57 Å². The van der Waals surface area contributed by atoms with Crippen molar-refractivity contribution in [3.8, 4) is 0 Å². The number of nitrogens with zero attached hydrogens (tertiary/aromatic N) is 2. The molecule has 5 rings (SSSR count). The van der Waals surface area contributed by atoms with Gasteiger partial charge in [-0.15, -0.1) is 0 Å². The molecule has 0 unspecified atom stereocenters. The van der Waals surface area contributed by atoms with Gasteiger partial charge in [0.2, 0.25) is 5.91 Å². The van der Waals surface area contributed by atoms with Crippen LogP contribution in [0.4, 0.5) is 23.2 Å². The van der Waals surface area contributed by atoms with E-state index in [4.69, 9.17) is 0 Å². The fourth-order valence-electron chi connectivity index (χ4n) is 4.24. The Labute approximate surface area is 198 Å². The first-order chi connectivity index (χ1) is 16.6. The van der Waals surface area contributed by atoms with Crippen molar-refractivity contribution in [1.29, 1.82) is 0 Å². The highest BCUT2D eigenvalue weighted by Gasteiger charge is 2.39. The first kappa shape index (κ1) is 22.8. The monoisotopic (exact) mass is 502 g/mol. The first-order valence-electron chi connectivity index (χ1n) is 10.2. The summed E-state index contributed by atoms with van der Waals surface area (Å²) in [6.45, 7) is -0.149. The molecule has 0 fully saturated rings. The van der Waals surface area contributed by atoms with Crippen molar-refractivity contribution in [2.75, 3.05) is 4.90 Å². The van der Waals surface area contributed by atoms with Crippen molar-refractivity contribution >= 4 is 45.7 Å². The van der Waals surface area contributed by atoms with Gasteiger partial charge in [-0.1, -0.05) is 12.1 Å². The second-order valence-corrected chi connectivity index (χ2v) is 8.71. The van der Waals surface area contributed by atoms with E-state index in [2.05, 4.69) is 0 Å². The SMILES string of the molecule is O=C(O)c1c(N2C(=O)Cc3cscc3C2=O)c2cc(C(F)(F)F)ccc2n1Cc1ccc(F)cc1. The maximum Gasteiger partial charge on any atom is 0.416 e. The molecule has 0 saturated carbocycles. The zero-order valence-electron chi connectivity index (χ0n) is 17.6. The van der Waals surface area contributed by atoms with Gasteiger partial charge in [0.15, 0.2) is 5.69 Å². The van der Waals surface area contributed by atoms with Crippen LogP contribution in [-0.2, 0) is 23.9 Å². The van der Waals surface area contributed by atoms with Crippen LogP contribution in [0, 0.1) is 5.82 Å². The number of alkyl halides is 3. The lowest BCUT2D eigenvalue weighted by atomic mass is 10.0. The van der Waals surface area contributed by atoms with Crippen molar-refractivity contribution in [3.63, 3.8) is 0 Å². The molecular weight excluding hydrogens is 488 g/mol. The van der Waals surface area contributed by atoms with E-state index in [9.17, 15) is 37.1 Å². The quantitative estimate of drug-likeness (QED) is 0.302. The first-order valence-corrected chi connectivity index (χ1v) is 11.1. The van der Waals surface area contributed by atoms with E-state index >= 15 is 0 Å². The number of aromatic nitrogens is 1. The lowest BCUT2D eigenvalue weighted by Gasteiger charge is -2.25. The van der Waals surface area contributed by atoms with Gasteiger partial charge in [0.25, 0.3) is 5.91 Å². The summed E-state index contributed by atoms with van der Waals surface area (Å²) in [7, 11) is 0. The Hall–Kier alpha value is -3.99. The summed E-state index contributed by atoms with van der Waals surface area (Å²) in [5.74, 6) is -3.61. The van der Waals surface area contributed by atoms with E-state index in [0.717, 1.165) is 18.2 Å². The Morgan fingerprint density at radius 1 is 1.06 bits per heavy atom. The molecule has 0 saturated heterocycles. The number of carboxylic acids is 1. The molecular formula is C24H14F4N2O4S. The molecule has 6 nitrogen and oxygen atoms in total. The predicted molar refractivity (Wildman–Crippen MR) is 119 cm³/mol. The minimum absolute atomic E-state index is 0.0754. The number of halogens is 4. The smallest absolute Gasteiger partial charge is 0.416 e. The number of fused-ring (bicyclic) bond motifs is 2. The minimum Gasteiger partial charge on any atom is -0.477 e. The molecule has 0 atom stereocenters. The van der Waals surface area contributed by atoms with E-state index in [1.165, 1.54) is 45.5 Å². The molecule has 2 amide bonds. The van der Waals surface area contributed by atoms with Gasteiger partial charge < -0.3 is 9.67 Å². The molecule has 0 aliphatic carbocycles. The average molecular weight is 502 g/mol. The fraction of sp³-hybridized carbons (Fsp3) is 0.125. The molecule has 178 valence electrons. The second-order valence-electron chi connectivity index (χ2n) is 7.97. The number of thiophene rings is 1. The maximum absolute atomic E-state index is 13.5. The number of amides is 2. The molecule has 2 aromatic heterocycles. The third kappa shape index (κ3) is 3.77. The maximum atomic E-state index is 13.5. The van der Waals surface area contributed by atoms with Gasteiger partial charge in [0.05, 0.1) is 28.8 Å². The Morgan fingerprint density at radius 3 is 2.43 bits per heavy atom. The standard InChI is InChI=1S/C24H14F4N2O4S/c25-15-4-1-12(2-5-15)9-29-18-6-3-14(24(26,27)28)8-16(18)20(21(29)23(33)34)30-19(31)7-13-10-35-11-17(13)22(30)32/h1-6,8,10-11H,7,9H2,(H,33,34). The normalized spacial score (nSPS) is 14.0. The summed E-state index contributed by atoms with van der Waals surface area (Å²) in [6, 6.07) is 7.79. The molecule has 0 radical (unpaired) electrons. The van der Waals surface area contributed by atoms with Crippen molar-refractivity contribution < 1.29 is 37.1 Å². The van der Waals surface area contributed by atoms with E-state index in [0.29, 0.717) is 16.0 Å². The molecule has 11 heteroatoms. The van der Waals surface area contributed by atoms with Crippen LogP contribution in [0.3, 0.4) is 0 Å². The number of benzene rings is 2. The second kappa shape index (κ2) is 8.05. The highest BCUT2D eigenvalue weighted by molar-refractivity contribution is 7.08. The van der Waals surface area contributed by atoms with Crippen LogP contribution in [0.15, 0.2) is 53.2 Å². The summed E-state index contributed by atoms with van der Waals surface area (Å²) in [6.07, 6.45) is -4.95. The molecule has 1 aliphatic rings. The number of rotatable bonds is 4. The number of hydrogen-bond donors (Lipinski definition) is 1. The lowest BCUT2D eigenvalue weighted by molar-refractivity contribution is -0.137. The van der Waals surface area contributed by atoms with E-state index < -0.39 is 46.7 Å². The fourth-order valence-corrected chi connectivity index (χ4v) is 5.07. The van der Waals surface area contributed by atoms with Crippen LogP contribution in [0.1, 0.15) is 37.5 Å². The van der Waals surface area contributed by atoms with E-state index in [1.54, 1.807) is 5.38 Å². The van der Waals surface area contributed by atoms with Crippen LogP contribution in [0.2, 0.25) is 0 Å². The molecule has 1 aliphatic heterocycles. The Kier molecular flexibility index (Phi) is 5.24.